The second-order valence-electron chi connectivity index (χ2n) is 5.48. The van der Waals surface area contributed by atoms with Gasteiger partial charge in [-0.05, 0) is 55.3 Å². The lowest BCUT2D eigenvalue weighted by Crippen LogP contribution is -2.27. The van der Waals surface area contributed by atoms with Crippen LogP contribution in [0, 0.1) is 6.92 Å². The molecule has 1 aromatic carbocycles. The molecule has 1 N–H and O–H groups in total. The molecular weight excluding hydrogens is 280 g/mol. The van der Waals surface area contributed by atoms with Gasteiger partial charge in [0, 0.05) is 28.9 Å². The molecule has 0 radical (unpaired) electrons. The molecule has 0 saturated carbocycles. The highest BCUT2D eigenvalue weighted by Gasteiger charge is 2.22. The molecule has 0 aliphatic carbocycles. The summed E-state index contributed by atoms with van der Waals surface area (Å²) in [4.78, 5) is 4.51. The number of hydrogen-bond donors (Lipinski definition) is 1. The van der Waals surface area contributed by atoms with Crippen LogP contribution in [0.4, 0.5) is 0 Å². The van der Waals surface area contributed by atoms with Crippen molar-refractivity contribution in [2.24, 2.45) is 0 Å². The molecule has 21 heavy (non-hydrogen) atoms. The van der Waals surface area contributed by atoms with Gasteiger partial charge in [-0.3, -0.25) is 4.98 Å². The van der Waals surface area contributed by atoms with E-state index < -0.39 is 0 Å². The summed E-state index contributed by atoms with van der Waals surface area (Å²) in [5.74, 6) is 0.287. The van der Waals surface area contributed by atoms with Gasteiger partial charge in [0.1, 0.15) is 0 Å². The van der Waals surface area contributed by atoms with Crippen LogP contribution in [0.2, 0.25) is 5.02 Å². The monoisotopic (exact) mass is 302 g/mol. The SMILES string of the molecule is CCCNC(c1cc(Cl)ccc1C)C(C)c1ccccn1. The maximum atomic E-state index is 6.20. The normalized spacial score (nSPS) is 13.9. The molecule has 3 heteroatoms. The highest BCUT2D eigenvalue weighted by atomic mass is 35.5. The van der Waals surface area contributed by atoms with Crippen molar-refractivity contribution in [3.05, 3.63) is 64.4 Å². The van der Waals surface area contributed by atoms with Crippen molar-refractivity contribution in [1.29, 1.82) is 0 Å². The lowest BCUT2D eigenvalue weighted by molar-refractivity contribution is 0.458. The standard InChI is InChI=1S/C18H23ClN2/c1-4-10-21-18(14(3)17-7-5-6-11-20-17)16-12-15(19)9-8-13(16)2/h5-9,11-12,14,18,21H,4,10H2,1-3H3. The van der Waals surface area contributed by atoms with Crippen molar-refractivity contribution in [1.82, 2.24) is 10.3 Å². The van der Waals surface area contributed by atoms with E-state index in [1.807, 2.05) is 24.4 Å². The van der Waals surface area contributed by atoms with Crippen LogP contribution >= 0.6 is 11.6 Å². The molecule has 0 fully saturated rings. The predicted molar refractivity (Wildman–Crippen MR) is 89.9 cm³/mol. The first-order valence-corrected chi connectivity index (χ1v) is 7.91. The second-order valence-corrected chi connectivity index (χ2v) is 5.91. The molecule has 1 aromatic heterocycles. The fourth-order valence-corrected chi connectivity index (χ4v) is 2.80. The Bertz CT molecular complexity index is 569. The van der Waals surface area contributed by atoms with Gasteiger partial charge in [0.25, 0.3) is 0 Å². The molecule has 112 valence electrons. The predicted octanol–water partition coefficient (Wildman–Crippen LogP) is 4.89. The minimum atomic E-state index is 0.221. The van der Waals surface area contributed by atoms with Crippen LogP contribution in [0.1, 0.15) is 49.0 Å². The Hall–Kier alpha value is -1.38. The third-order valence-electron chi connectivity index (χ3n) is 3.84. The van der Waals surface area contributed by atoms with E-state index in [0.717, 1.165) is 23.7 Å². The molecule has 2 atom stereocenters. The number of rotatable bonds is 6. The first-order chi connectivity index (χ1) is 10.1. The molecule has 2 rings (SSSR count). The smallest absolute Gasteiger partial charge is 0.0450 e. The summed E-state index contributed by atoms with van der Waals surface area (Å²) < 4.78 is 0. The van der Waals surface area contributed by atoms with Crippen LogP contribution in [0.3, 0.4) is 0 Å². The summed E-state index contributed by atoms with van der Waals surface area (Å²) in [6, 6.07) is 12.4. The zero-order valence-electron chi connectivity index (χ0n) is 12.9. The van der Waals surface area contributed by atoms with E-state index >= 15 is 0 Å². The van der Waals surface area contributed by atoms with Gasteiger partial charge in [-0.2, -0.15) is 0 Å². The fraction of sp³-hybridized carbons (Fsp3) is 0.389. The summed E-state index contributed by atoms with van der Waals surface area (Å²) in [6.45, 7) is 7.52. The third-order valence-corrected chi connectivity index (χ3v) is 4.08. The zero-order valence-corrected chi connectivity index (χ0v) is 13.7. The molecule has 0 spiro atoms. The lowest BCUT2D eigenvalue weighted by atomic mass is 9.89. The number of nitrogens with zero attached hydrogens (tertiary/aromatic N) is 1. The molecule has 0 amide bonds. The Kier molecular flexibility index (Phi) is 5.77. The van der Waals surface area contributed by atoms with Crippen molar-refractivity contribution in [3.8, 4) is 0 Å². The Morgan fingerprint density at radius 1 is 1.24 bits per heavy atom. The maximum absolute atomic E-state index is 6.20. The summed E-state index contributed by atoms with van der Waals surface area (Å²) in [6.07, 6.45) is 2.96. The van der Waals surface area contributed by atoms with Gasteiger partial charge in [0.2, 0.25) is 0 Å². The highest BCUT2D eigenvalue weighted by molar-refractivity contribution is 6.30. The summed E-state index contributed by atoms with van der Waals surface area (Å²) >= 11 is 6.20. The minimum absolute atomic E-state index is 0.221. The van der Waals surface area contributed by atoms with Crippen molar-refractivity contribution < 1.29 is 0 Å². The zero-order chi connectivity index (χ0) is 15.2. The number of aromatic nitrogens is 1. The van der Waals surface area contributed by atoms with Crippen molar-refractivity contribution in [3.63, 3.8) is 0 Å². The summed E-state index contributed by atoms with van der Waals surface area (Å²) in [5, 5.41) is 4.44. The Morgan fingerprint density at radius 2 is 2.05 bits per heavy atom. The lowest BCUT2D eigenvalue weighted by Gasteiger charge is -2.27. The molecule has 0 aliphatic rings. The van der Waals surface area contributed by atoms with E-state index in [9.17, 15) is 0 Å². The number of benzene rings is 1. The van der Waals surface area contributed by atoms with E-state index in [1.54, 1.807) is 0 Å². The fourth-order valence-electron chi connectivity index (χ4n) is 2.62. The van der Waals surface area contributed by atoms with E-state index in [0.29, 0.717) is 0 Å². The van der Waals surface area contributed by atoms with E-state index in [-0.39, 0.29) is 12.0 Å². The average molecular weight is 303 g/mol. The van der Waals surface area contributed by atoms with Crippen LogP contribution in [0.15, 0.2) is 42.6 Å². The molecule has 0 aliphatic heterocycles. The van der Waals surface area contributed by atoms with Crippen LogP contribution < -0.4 is 5.32 Å². The van der Waals surface area contributed by atoms with Gasteiger partial charge in [-0.1, -0.05) is 37.6 Å². The van der Waals surface area contributed by atoms with E-state index in [4.69, 9.17) is 11.6 Å². The molecule has 2 unspecified atom stereocenters. The maximum Gasteiger partial charge on any atom is 0.0450 e. The average Bonchev–Trinajstić information content (AvgIpc) is 2.51. The van der Waals surface area contributed by atoms with Gasteiger partial charge >= 0.3 is 0 Å². The molecule has 1 heterocycles. The first kappa shape index (κ1) is 16.0. The summed E-state index contributed by atoms with van der Waals surface area (Å²) in [5.41, 5.74) is 3.62. The summed E-state index contributed by atoms with van der Waals surface area (Å²) in [7, 11) is 0. The van der Waals surface area contributed by atoms with Crippen molar-refractivity contribution >= 4 is 11.6 Å². The van der Waals surface area contributed by atoms with Crippen LogP contribution in [-0.4, -0.2) is 11.5 Å². The number of hydrogen-bond acceptors (Lipinski definition) is 2. The quantitative estimate of drug-likeness (QED) is 0.822. The highest BCUT2D eigenvalue weighted by Crippen LogP contribution is 2.32. The van der Waals surface area contributed by atoms with E-state index in [1.165, 1.54) is 11.1 Å². The van der Waals surface area contributed by atoms with Crippen LogP contribution in [0.25, 0.3) is 0 Å². The number of nitrogens with one attached hydrogen (secondary N) is 1. The van der Waals surface area contributed by atoms with Gasteiger partial charge in [-0.15, -0.1) is 0 Å². The van der Waals surface area contributed by atoms with E-state index in [2.05, 4.69) is 49.3 Å². The van der Waals surface area contributed by atoms with Crippen molar-refractivity contribution in [2.45, 2.75) is 39.2 Å². The Balaban J connectivity index is 2.36. The number of aryl methyl sites for hydroxylation is 1. The van der Waals surface area contributed by atoms with Gasteiger partial charge < -0.3 is 5.32 Å². The number of halogens is 1. The Morgan fingerprint density at radius 3 is 2.71 bits per heavy atom. The van der Waals surface area contributed by atoms with Gasteiger partial charge in [0.15, 0.2) is 0 Å². The molecule has 2 aromatic rings. The molecule has 2 nitrogen and oxygen atoms in total. The topological polar surface area (TPSA) is 24.9 Å². The molecular formula is C18H23ClN2. The Labute approximate surface area is 132 Å². The van der Waals surface area contributed by atoms with Gasteiger partial charge in [-0.25, -0.2) is 0 Å². The molecule has 0 bridgehead atoms. The van der Waals surface area contributed by atoms with Crippen LogP contribution in [0.5, 0.6) is 0 Å². The minimum Gasteiger partial charge on any atom is -0.309 e. The third kappa shape index (κ3) is 4.05. The number of pyridine rings is 1. The molecule has 0 saturated heterocycles. The second kappa shape index (κ2) is 7.58. The van der Waals surface area contributed by atoms with Crippen LogP contribution in [-0.2, 0) is 0 Å². The largest absolute Gasteiger partial charge is 0.309 e. The first-order valence-electron chi connectivity index (χ1n) is 7.53. The van der Waals surface area contributed by atoms with Crippen molar-refractivity contribution in [2.75, 3.05) is 6.54 Å². The van der Waals surface area contributed by atoms with Gasteiger partial charge in [0.05, 0.1) is 0 Å².